The van der Waals surface area contributed by atoms with E-state index in [9.17, 15) is 0 Å². The van der Waals surface area contributed by atoms with Gasteiger partial charge in [0.1, 0.15) is 0 Å². The monoisotopic (exact) mass is 248 g/mol. The van der Waals surface area contributed by atoms with E-state index in [1.807, 2.05) is 18.3 Å². The molecule has 1 atom stereocenters. The lowest BCUT2D eigenvalue weighted by molar-refractivity contribution is -0.0675. The van der Waals surface area contributed by atoms with Crippen molar-refractivity contribution >= 4 is 0 Å². The van der Waals surface area contributed by atoms with E-state index >= 15 is 0 Å². The molecule has 1 unspecified atom stereocenters. The molecule has 0 aromatic carbocycles. The van der Waals surface area contributed by atoms with Crippen molar-refractivity contribution in [2.24, 2.45) is 5.92 Å². The first-order valence-electron chi connectivity index (χ1n) is 6.70. The van der Waals surface area contributed by atoms with Gasteiger partial charge in [0.15, 0.2) is 0 Å². The zero-order valence-corrected chi connectivity index (χ0v) is 10.6. The first-order valence-corrected chi connectivity index (χ1v) is 6.70. The molecule has 4 nitrogen and oxygen atoms in total. The number of hydrogen-bond acceptors (Lipinski definition) is 4. The molecule has 2 aliphatic heterocycles. The highest BCUT2D eigenvalue weighted by Gasteiger charge is 2.48. The van der Waals surface area contributed by atoms with E-state index < -0.39 is 0 Å². The van der Waals surface area contributed by atoms with Gasteiger partial charge in [-0.3, -0.25) is 4.98 Å². The summed E-state index contributed by atoms with van der Waals surface area (Å²) in [7, 11) is 0. The Bertz CT molecular complexity index is 379. The van der Waals surface area contributed by atoms with Crippen LogP contribution in [-0.4, -0.2) is 36.9 Å². The summed E-state index contributed by atoms with van der Waals surface area (Å²) >= 11 is 0. The molecular weight excluding hydrogens is 228 g/mol. The molecule has 1 N–H and O–H groups in total. The van der Waals surface area contributed by atoms with Gasteiger partial charge >= 0.3 is 0 Å². The summed E-state index contributed by atoms with van der Waals surface area (Å²) in [6, 6.07) is 3.99. The van der Waals surface area contributed by atoms with Crippen LogP contribution in [0.2, 0.25) is 0 Å². The molecule has 1 aromatic heterocycles. The van der Waals surface area contributed by atoms with Crippen LogP contribution in [0.1, 0.15) is 18.4 Å². The van der Waals surface area contributed by atoms with Crippen molar-refractivity contribution in [3.63, 3.8) is 0 Å². The van der Waals surface area contributed by atoms with Gasteiger partial charge in [0, 0.05) is 38.7 Å². The smallest absolute Gasteiger partial charge is 0.0959 e. The molecule has 0 aliphatic carbocycles. The molecule has 0 radical (unpaired) electrons. The summed E-state index contributed by atoms with van der Waals surface area (Å²) in [5, 5.41) is 3.32. The second-order valence-electron chi connectivity index (χ2n) is 5.20. The van der Waals surface area contributed by atoms with Crippen LogP contribution in [0, 0.1) is 5.92 Å². The second kappa shape index (κ2) is 5.34. The highest BCUT2D eigenvalue weighted by Crippen LogP contribution is 2.37. The lowest BCUT2D eigenvalue weighted by Crippen LogP contribution is -2.62. The highest BCUT2D eigenvalue weighted by atomic mass is 16.5. The van der Waals surface area contributed by atoms with E-state index in [1.165, 1.54) is 6.42 Å². The minimum atomic E-state index is 0.137. The Hall–Kier alpha value is -0.970. The summed E-state index contributed by atoms with van der Waals surface area (Å²) in [5.41, 5.74) is 1.28. The number of aromatic nitrogens is 1. The number of nitrogens with one attached hydrogen (secondary N) is 1. The van der Waals surface area contributed by atoms with Gasteiger partial charge in [-0.2, -0.15) is 0 Å². The van der Waals surface area contributed by atoms with E-state index in [0.717, 1.165) is 38.3 Å². The van der Waals surface area contributed by atoms with Gasteiger partial charge in [0.2, 0.25) is 0 Å². The van der Waals surface area contributed by atoms with Gasteiger partial charge in [0.05, 0.1) is 12.2 Å². The van der Waals surface area contributed by atoms with E-state index in [4.69, 9.17) is 9.47 Å². The molecule has 2 saturated heterocycles. The quantitative estimate of drug-likeness (QED) is 0.799. The van der Waals surface area contributed by atoms with Crippen molar-refractivity contribution in [1.29, 1.82) is 0 Å². The zero-order valence-electron chi connectivity index (χ0n) is 10.6. The first-order chi connectivity index (χ1) is 8.89. The van der Waals surface area contributed by atoms with Crippen molar-refractivity contribution in [3.05, 3.63) is 30.1 Å². The van der Waals surface area contributed by atoms with Gasteiger partial charge in [0.25, 0.3) is 0 Å². The Labute approximate surface area is 108 Å². The maximum absolute atomic E-state index is 5.88. The summed E-state index contributed by atoms with van der Waals surface area (Å²) in [6.45, 7) is 4.41. The van der Waals surface area contributed by atoms with E-state index in [2.05, 4.69) is 10.3 Å². The minimum absolute atomic E-state index is 0.137. The van der Waals surface area contributed by atoms with Crippen molar-refractivity contribution in [1.82, 2.24) is 10.3 Å². The fourth-order valence-corrected chi connectivity index (χ4v) is 2.85. The van der Waals surface area contributed by atoms with Crippen LogP contribution >= 0.6 is 0 Å². The van der Waals surface area contributed by atoms with E-state index in [-0.39, 0.29) is 5.60 Å². The Morgan fingerprint density at radius 3 is 3.17 bits per heavy atom. The standard InChI is InChI=1S/C14H20N2O2/c1-2-12(8-15-5-1)9-17-6-3-13-4-7-18-14(13)10-16-11-14/h1-2,5,8,13,16H,3-4,6-7,9-11H2. The third-order valence-corrected chi connectivity index (χ3v) is 4.05. The fourth-order valence-electron chi connectivity index (χ4n) is 2.85. The predicted octanol–water partition coefficient (Wildman–Crippen LogP) is 1.37. The van der Waals surface area contributed by atoms with E-state index in [1.54, 1.807) is 6.20 Å². The molecule has 1 aromatic rings. The molecule has 2 fully saturated rings. The average molecular weight is 248 g/mol. The largest absolute Gasteiger partial charge is 0.377 e. The molecule has 98 valence electrons. The molecule has 3 rings (SSSR count). The maximum Gasteiger partial charge on any atom is 0.0959 e. The lowest BCUT2D eigenvalue weighted by atomic mass is 9.81. The van der Waals surface area contributed by atoms with Gasteiger partial charge in [-0.25, -0.2) is 0 Å². The van der Waals surface area contributed by atoms with Crippen molar-refractivity contribution in [2.75, 3.05) is 26.3 Å². The number of ether oxygens (including phenoxy) is 2. The zero-order chi connectivity index (χ0) is 12.3. The highest BCUT2D eigenvalue weighted by molar-refractivity contribution is 5.06. The third kappa shape index (κ3) is 2.41. The van der Waals surface area contributed by atoms with Crippen LogP contribution < -0.4 is 5.32 Å². The number of pyridine rings is 1. The predicted molar refractivity (Wildman–Crippen MR) is 68.2 cm³/mol. The Morgan fingerprint density at radius 2 is 2.44 bits per heavy atom. The van der Waals surface area contributed by atoms with Gasteiger partial charge in [-0.05, 0) is 30.4 Å². The fraction of sp³-hybridized carbons (Fsp3) is 0.643. The van der Waals surface area contributed by atoms with E-state index in [0.29, 0.717) is 12.5 Å². The minimum Gasteiger partial charge on any atom is -0.377 e. The molecule has 0 saturated carbocycles. The molecule has 2 aliphatic rings. The number of hydrogen-bond donors (Lipinski definition) is 1. The normalized spacial score (nSPS) is 25.2. The molecule has 4 heteroatoms. The maximum atomic E-state index is 5.88. The lowest BCUT2D eigenvalue weighted by Gasteiger charge is -2.43. The molecular formula is C14H20N2O2. The molecule has 0 bridgehead atoms. The number of rotatable bonds is 5. The summed E-state index contributed by atoms with van der Waals surface area (Å²) < 4.78 is 11.6. The van der Waals surface area contributed by atoms with Gasteiger partial charge < -0.3 is 14.8 Å². The van der Waals surface area contributed by atoms with Crippen LogP contribution in [0.25, 0.3) is 0 Å². The Balaban J connectivity index is 1.40. The summed E-state index contributed by atoms with van der Waals surface area (Å²) in [5.74, 6) is 0.660. The summed E-state index contributed by atoms with van der Waals surface area (Å²) in [6.07, 6.45) is 5.92. The Kier molecular flexibility index (Phi) is 3.59. The second-order valence-corrected chi connectivity index (χ2v) is 5.20. The van der Waals surface area contributed by atoms with Crippen LogP contribution in [-0.2, 0) is 16.1 Å². The molecule has 0 amide bonds. The van der Waals surface area contributed by atoms with Crippen molar-refractivity contribution in [2.45, 2.75) is 25.0 Å². The topological polar surface area (TPSA) is 43.4 Å². The van der Waals surface area contributed by atoms with Gasteiger partial charge in [-0.15, -0.1) is 0 Å². The number of nitrogens with zero attached hydrogens (tertiary/aromatic N) is 1. The van der Waals surface area contributed by atoms with Crippen LogP contribution in [0.5, 0.6) is 0 Å². The van der Waals surface area contributed by atoms with Crippen LogP contribution in [0.4, 0.5) is 0 Å². The van der Waals surface area contributed by atoms with Crippen molar-refractivity contribution in [3.8, 4) is 0 Å². The van der Waals surface area contributed by atoms with Crippen LogP contribution in [0.3, 0.4) is 0 Å². The average Bonchev–Trinajstić information content (AvgIpc) is 2.80. The van der Waals surface area contributed by atoms with Gasteiger partial charge in [-0.1, -0.05) is 6.07 Å². The van der Waals surface area contributed by atoms with Crippen LogP contribution in [0.15, 0.2) is 24.5 Å². The summed E-state index contributed by atoms with van der Waals surface area (Å²) in [4.78, 5) is 4.08. The first kappa shape index (κ1) is 12.1. The molecule has 1 spiro atoms. The molecule has 18 heavy (non-hydrogen) atoms. The molecule has 3 heterocycles. The Morgan fingerprint density at radius 1 is 1.50 bits per heavy atom. The third-order valence-electron chi connectivity index (χ3n) is 4.05. The SMILES string of the molecule is c1cncc(COCCC2CCOC23CNC3)c1. The van der Waals surface area contributed by atoms with Crippen molar-refractivity contribution < 1.29 is 9.47 Å².